The number of carbonyl (C=O) groups is 1. The van der Waals surface area contributed by atoms with Crippen molar-refractivity contribution < 1.29 is 14.6 Å². The highest BCUT2D eigenvalue weighted by Gasteiger charge is 2.25. The van der Waals surface area contributed by atoms with E-state index in [1.54, 1.807) is 17.7 Å². The molecule has 0 atom stereocenters. The predicted molar refractivity (Wildman–Crippen MR) is 133 cm³/mol. The molecule has 2 aromatic rings. The number of methoxy groups -OCH3 is 1. The number of nitrogens with zero attached hydrogens (tertiary/aromatic N) is 3. The Morgan fingerprint density at radius 3 is 2.36 bits per heavy atom. The Morgan fingerprint density at radius 1 is 1.09 bits per heavy atom. The van der Waals surface area contributed by atoms with Crippen molar-refractivity contribution in [1.29, 1.82) is 0 Å². The average Bonchev–Trinajstić information content (AvgIpc) is 2.72. The van der Waals surface area contributed by atoms with Gasteiger partial charge in [-0.15, -0.1) is 0 Å². The molecule has 1 heterocycles. The molecule has 2 rings (SSSR count). The second-order valence-electron chi connectivity index (χ2n) is 10.9. The van der Waals surface area contributed by atoms with Crippen LogP contribution in [0.25, 0.3) is 11.0 Å². The lowest BCUT2D eigenvalue weighted by atomic mass is 9.92. The van der Waals surface area contributed by atoms with Gasteiger partial charge in [0.1, 0.15) is 18.0 Å². The van der Waals surface area contributed by atoms with Gasteiger partial charge in [0, 0.05) is 31.2 Å². The Bertz CT molecular complexity index is 999. The number of amides is 1. The first-order valence-corrected chi connectivity index (χ1v) is 11.8. The molecule has 184 valence electrons. The van der Waals surface area contributed by atoms with Gasteiger partial charge >= 0.3 is 0 Å². The lowest BCUT2D eigenvalue weighted by molar-refractivity contribution is -0.132. The number of aliphatic hydroxyl groups is 1. The van der Waals surface area contributed by atoms with Gasteiger partial charge in [0.25, 0.3) is 5.56 Å². The maximum absolute atomic E-state index is 13.5. The molecular formula is C26H41N3O4. The zero-order valence-corrected chi connectivity index (χ0v) is 21.4. The van der Waals surface area contributed by atoms with E-state index in [9.17, 15) is 9.59 Å². The number of unbranched alkanes of at least 4 members (excludes halogenated alkanes) is 2. The third kappa shape index (κ3) is 7.56. The summed E-state index contributed by atoms with van der Waals surface area (Å²) in [6.07, 6.45) is 3.28. The molecule has 1 aromatic carbocycles. The van der Waals surface area contributed by atoms with Gasteiger partial charge in [-0.05, 0) is 43.2 Å². The van der Waals surface area contributed by atoms with Crippen LogP contribution in [0.5, 0.6) is 5.75 Å². The van der Waals surface area contributed by atoms with Crippen molar-refractivity contribution in [2.75, 3.05) is 26.8 Å². The van der Waals surface area contributed by atoms with Crippen molar-refractivity contribution in [1.82, 2.24) is 14.5 Å². The van der Waals surface area contributed by atoms with Gasteiger partial charge in [0.2, 0.25) is 5.91 Å². The van der Waals surface area contributed by atoms with E-state index in [1.807, 2.05) is 37.8 Å². The largest absolute Gasteiger partial charge is 0.497 e. The van der Waals surface area contributed by atoms with Gasteiger partial charge < -0.3 is 14.7 Å². The van der Waals surface area contributed by atoms with Crippen LogP contribution in [0.2, 0.25) is 0 Å². The molecule has 1 aromatic heterocycles. The first kappa shape index (κ1) is 26.8. The zero-order valence-electron chi connectivity index (χ0n) is 21.4. The maximum Gasteiger partial charge on any atom is 0.273 e. The summed E-state index contributed by atoms with van der Waals surface area (Å²) in [5.41, 5.74) is 1.10. The number of benzene rings is 1. The Balaban J connectivity index is 2.45. The van der Waals surface area contributed by atoms with Crippen LogP contribution < -0.4 is 10.3 Å². The van der Waals surface area contributed by atoms with Gasteiger partial charge in [0.15, 0.2) is 0 Å². The molecule has 0 fully saturated rings. The molecule has 7 heteroatoms. The average molecular weight is 460 g/mol. The summed E-state index contributed by atoms with van der Waals surface area (Å²) in [6, 6.07) is 5.41. The summed E-state index contributed by atoms with van der Waals surface area (Å²) in [5.74, 6) is 0.530. The minimum atomic E-state index is -0.452. The normalized spacial score (nSPS) is 12.2. The van der Waals surface area contributed by atoms with Gasteiger partial charge in [-0.2, -0.15) is 0 Å². The van der Waals surface area contributed by atoms with E-state index in [4.69, 9.17) is 9.84 Å². The van der Waals surface area contributed by atoms with Crippen LogP contribution in [-0.2, 0) is 16.8 Å². The van der Waals surface area contributed by atoms with E-state index in [2.05, 4.69) is 25.8 Å². The Labute approximate surface area is 197 Å². The van der Waals surface area contributed by atoms with Gasteiger partial charge in [-0.3, -0.25) is 14.2 Å². The second kappa shape index (κ2) is 11.1. The number of ether oxygens (including phenoxy) is 1. The standard InChI is InChI=1S/C26H41N3O4/c1-25(2,3)13-15-28(14-9-8-10-16-30)22(31)18-29-21-17-19(33-7)11-12-20(21)27-23(24(29)32)26(4,5)6/h11-12,17,30H,8-10,13-16,18H2,1-7H3. The molecule has 0 aliphatic heterocycles. The van der Waals surface area contributed by atoms with E-state index in [0.717, 1.165) is 25.7 Å². The molecule has 1 amide bonds. The first-order valence-electron chi connectivity index (χ1n) is 11.8. The van der Waals surface area contributed by atoms with Crippen molar-refractivity contribution in [3.8, 4) is 5.75 Å². The van der Waals surface area contributed by atoms with Crippen LogP contribution in [0.4, 0.5) is 0 Å². The number of rotatable bonds is 10. The van der Waals surface area contributed by atoms with Crippen LogP contribution in [0.15, 0.2) is 23.0 Å². The van der Waals surface area contributed by atoms with E-state index in [1.165, 1.54) is 0 Å². The topological polar surface area (TPSA) is 84.7 Å². The van der Waals surface area contributed by atoms with Gasteiger partial charge in [-0.1, -0.05) is 41.5 Å². The lowest BCUT2D eigenvalue weighted by Crippen LogP contribution is -2.40. The fourth-order valence-corrected chi connectivity index (χ4v) is 3.65. The highest BCUT2D eigenvalue weighted by atomic mass is 16.5. The smallest absolute Gasteiger partial charge is 0.273 e. The third-order valence-corrected chi connectivity index (χ3v) is 5.73. The molecule has 0 saturated heterocycles. The van der Waals surface area contributed by atoms with Crippen molar-refractivity contribution in [2.24, 2.45) is 5.41 Å². The molecule has 0 bridgehead atoms. The Kier molecular flexibility index (Phi) is 9.06. The highest BCUT2D eigenvalue weighted by molar-refractivity contribution is 5.81. The van der Waals surface area contributed by atoms with Crippen LogP contribution in [0.1, 0.15) is 72.9 Å². The number of fused-ring (bicyclic) bond motifs is 1. The van der Waals surface area contributed by atoms with E-state index in [0.29, 0.717) is 35.6 Å². The van der Waals surface area contributed by atoms with Crippen LogP contribution >= 0.6 is 0 Å². The maximum atomic E-state index is 13.5. The summed E-state index contributed by atoms with van der Waals surface area (Å²) in [7, 11) is 1.58. The summed E-state index contributed by atoms with van der Waals surface area (Å²) < 4.78 is 6.91. The summed E-state index contributed by atoms with van der Waals surface area (Å²) in [4.78, 5) is 33.4. The van der Waals surface area contributed by atoms with Crippen molar-refractivity contribution in [3.05, 3.63) is 34.2 Å². The van der Waals surface area contributed by atoms with Crippen LogP contribution in [0, 0.1) is 5.41 Å². The SMILES string of the molecule is COc1ccc2nc(C(C)(C)C)c(=O)n(CC(=O)N(CCCCCO)CCC(C)(C)C)c2c1. The summed E-state index contributed by atoms with van der Waals surface area (Å²) in [5, 5.41) is 9.08. The number of aliphatic hydroxyl groups excluding tert-OH is 1. The summed E-state index contributed by atoms with van der Waals surface area (Å²) >= 11 is 0. The van der Waals surface area contributed by atoms with Crippen molar-refractivity contribution in [2.45, 2.75) is 79.2 Å². The van der Waals surface area contributed by atoms with E-state index in [-0.39, 0.29) is 30.0 Å². The molecule has 0 spiro atoms. The van der Waals surface area contributed by atoms with E-state index < -0.39 is 5.41 Å². The van der Waals surface area contributed by atoms with Crippen molar-refractivity contribution in [3.63, 3.8) is 0 Å². The zero-order chi connectivity index (χ0) is 24.8. The quantitative estimate of drug-likeness (QED) is 0.540. The molecule has 33 heavy (non-hydrogen) atoms. The van der Waals surface area contributed by atoms with Gasteiger partial charge in [-0.25, -0.2) is 4.98 Å². The number of hydrogen-bond acceptors (Lipinski definition) is 5. The fourth-order valence-electron chi connectivity index (χ4n) is 3.65. The van der Waals surface area contributed by atoms with Crippen molar-refractivity contribution >= 4 is 16.9 Å². The third-order valence-electron chi connectivity index (χ3n) is 5.73. The molecule has 0 radical (unpaired) electrons. The van der Waals surface area contributed by atoms with Gasteiger partial charge in [0.05, 0.1) is 18.1 Å². The molecular weight excluding hydrogens is 418 g/mol. The molecule has 7 nitrogen and oxygen atoms in total. The Morgan fingerprint density at radius 2 is 1.79 bits per heavy atom. The Hall–Kier alpha value is -2.41. The molecule has 0 unspecified atom stereocenters. The lowest BCUT2D eigenvalue weighted by Gasteiger charge is -2.28. The van der Waals surface area contributed by atoms with E-state index >= 15 is 0 Å². The monoisotopic (exact) mass is 459 g/mol. The molecule has 1 N–H and O–H groups in total. The molecule has 0 aliphatic carbocycles. The minimum absolute atomic E-state index is 0.0434. The number of carbonyl (C=O) groups excluding carboxylic acids is 1. The number of aromatic nitrogens is 2. The highest BCUT2D eigenvalue weighted by Crippen LogP contribution is 2.24. The predicted octanol–water partition coefficient (Wildman–Crippen LogP) is 4.13. The van der Waals surface area contributed by atoms with Crippen LogP contribution in [-0.4, -0.2) is 52.3 Å². The first-order chi connectivity index (χ1) is 15.4. The molecule has 0 aliphatic rings. The molecule has 0 saturated carbocycles. The minimum Gasteiger partial charge on any atom is -0.497 e. The second-order valence-corrected chi connectivity index (χ2v) is 10.9. The fraction of sp³-hybridized carbons (Fsp3) is 0.654. The number of hydrogen-bond donors (Lipinski definition) is 1. The van der Waals surface area contributed by atoms with Crippen LogP contribution in [0.3, 0.4) is 0 Å². The summed E-state index contributed by atoms with van der Waals surface area (Å²) in [6.45, 7) is 13.7.